The number of rotatable bonds is 3. The molecular weight excluding hydrogens is 252 g/mol. The van der Waals surface area contributed by atoms with Gasteiger partial charge in [-0.3, -0.25) is 0 Å². The average molecular weight is 268 g/mol. The van der Waals surface area contributed by atoms with Gasteiger partial charge in [0.15, 0.2) is 0 Å². The first-order valence-corrected chi connectivity index (χ1v) is 6.61. The van der Waals surface area contributed by atoms with Crippen LogP contribution in [0, 0.1) is 5.41 Å². The molecule has 0 saturated carbocycles. The number of hydrogen-bond acceptors (Lipinski definition) is 1. The Morgan fingerprint density at radius 1 is 1.45 bits per heavy atom. The van der Waals surface area contributed by atoms with Crippen molar-refractivity contribution >= 4 is 27.2 Å². The van der Waals surface area contributed by atoms with Crippen LogP contribution in [0.1, 0.15) is 27.7 Å². The molecule has 0 spiro atoms. The number of carbonyl (C=O) groups excluding carboxylic acids is 1. The Morgan fingerprint density at radius 3 is 2.27 bits per heavy atom. The summed E-state index contributed by atoms with van der Waals surface area (Å²) >= 11 is -0.177. The summed E-state index contributed by atoms with van der Waals surface area (Å²) in [6.45, 7) is 8.51. The van der Waals surface area contributed by atoms with Crippen molar-refractivity contribution in [1.82, 2.24) is 0 Å². The zero-order chi connectivity index (χ0) is 8.91. The van der Waals surface area contributed by atoms with E-state index in [-0.39, 0.29) is 26.3 Å². The van der Waals surface area contributed by atoms with E-state index in [1.165, 1.54) is 4.47 Å². The first-order chi connectivity index (χ1) is 4.99. The van der Waals surface area contributed by atoms with Crippen molar-refractivity contribution in [2.24, 2.45) is 5.41 Å². The third kappa shape index (κ3) is 6.59. The summed E-state index contributed by atoms with van der Waals surface area (Å²) in [5.74, 6) is 0. The first-order valence-electron chi connectivity index (χ1n) is 3.80. The van der Waals surface area contributed by atoms with Crippen LogP contribution in [-0.4, -0.2) is 27.2 Å². The summed E-state index contributed by atoms with van der Waals surface area (Å²) in [6.07, 6.45) is 3.13. The second kappa shape index (κ2) is 4.95. The van der Waals surface area contributed by atoms with Crippen molar-refractivity contribution in [3.8, 4) is 0 Å². The van der Waals surface area contributed by atoms with Crippen LogP contribution in [0.2, 0.25) is 4.47 Å². The summed E-state index contributed by atoms with van der Waals surface area (Å²) < 4.78 is 2.23. The zero-order valence-electron chi connectivity index (χ0n) is 7.68. The third-order valence-corrected chi connectivity index (χ3v) is 3.39. The van der Waals surface area contributed by atoms with Gasteiger partial charge in [0, 0.05) is 0 Å². The van der Waals surface area contributed by atoms with E-state index in [0.717, 1.165) is 9.91 Å². The van der Waals surface area contributed by atoms with E-state index in [1.54, 1.807) is 0 Å². The van der Waals surface area contributed by atoms with E-state index in [0.29, 0.717) is 0 Å². The normalized spacial score (nSPS) is 13.3. The van der Waals surface area contributed by atoms with Gasteiger partial charge < -0.3 is 0 Å². The molecule has 0 amide bonds. The molecule has 0 bridgehead atoms. The fourth-order valence-electron chi connectivity index (χ4n) is 0.703. The maximum absolute atomic E-state index is 10.5. The number of aldehydes is 1. The molecule has 0 fully saturated rings. The molecule has 0 aromatic carbocycles. The van der Waals surface area contributed by atoms with Crippen LogP contribution in [0.4, 0.5) is 0 Å². The van der Waals surface area contributed by atoms with Gasteiger partial charge in [0.25, 0.3) is 0 Å². The molecule has 0 atom stereocenters. The number of allylic oxidation sites excluding steroid dienone is 2. The molecule has 0 aliphatic carbocycles. The number of carbonyl (C=O) groups is 1. The minimum absolute atomic E-state index is 0.163. The third-order valence-electron chi connectivity index (χ3n) is 1.00. The Labute approximate surface area is 79.3 Å². The monoisotopic (exact) mass is 270 g/mol. The van der Waals surface area contributed by atoms with Crippen LogP contribution in [0.25, 0.3) is 0 Å². The predicted molar refractivity (Wildman–Crippen MR) is 49.8 cm³/mol. The van der Waals surface area contributed by atoms with Crippen molar-refractivity contribution in [2.75, 3.05) is 0 Å². The van der Waals surface area contributed by atoms with Gasteiger partial charge in [-0.25, -0.2) is 0 Å². The molecule has 0 saturated heterocycles. The second-order valence-electron chi connectivity index (χ2n) is 3.46. The molecule has 0 heterocycles. The molecule has 0 N–H and O–H groups in total. The van der Waals surface area contributed by atoms with Gasteiger partial charge in [-0.1, -0.05) is 0 Å². The molecule has 0 rings (SSSR count). The second-order valence-corrected chi connectivity index (χ2v) is 7.28. The fourth-order valence-corrected chi connectivity index (χ4v) is 3.10. The van der Waals surface area contributed by atoms with Crippen LogP contribution in [0.15, 0.2) is 9.70 Å². The van der Waals surface area contributed by atoms with E-state index < -0.39 is 0 Å². The number of hydrogen-bond donors (Lipinski definition) is 0. The molecule has 0 aliphatic rings. The Kier molecular flexibility index (Phi) is 5.04. The minimum atomic E-state index is -0.177. The molecule has 64 valence electrons. The van der Waals surface area contributed by atoms with Gasteiger partial charge >= 0.3 is 79.3 Å². The Hall–Kier alpha value is 0.200. The molecule has 11 heavy (non-hydrogen) atoms. The van der Waals surface area contributed by atoms with E-state index >= 15 is 0 Å². The van der Waals surface area contributed by atoms with E-state index in [4.69, 9.17) is 0 Å². The summed E-state index contributed by atoms with van der Waals surface area (Å²) in [5, 5.41) is 0. The van der Waals surface area contributed by atoms with E-state index in [1.807, 2.05) is 0 Å². The van der Waals surface area contributed by atoms with Gasteiger partial charge in [0.05, 0.1) is 0 Å². The van der Waals surface area contributed by atoms with Crippen LogP contribution in [-0.2, 0) is 4.79 Å². The van der Waals surface area contributed by atoms with Crippen LogP contribution in [0.3, 0.4) is 0 Å². The first kappa shape index (κ1) is 11.2. The molecule has 0 aromatic rings. The molecule has 0 radical (unpaired) electrons. The van der Waals surface area contributed by atoms with Crippen molar-refractivity contribution < 1.29 is 4.79 Å². The summed E-state index contributed by atoms with van der Waals surface area (Å²) in [7, 11) is 0. The Morgan fingerprint density at radius 2 is 2.00 bits per heavy atom. The van der Waals surface area contributed by atoms with Crippen molar-refractivity contribution in [2.45, 2.75) is 32.2 Å². The van der Waals surface area contributed by atoms with Crippen molar-refractivity contribution in [1.29, 1.82) is 0 Å². The molecule has 2 heteroatoms. The molecular formula is C9H16OTe. The standard InChI is InChI=1S/C9H16OTe/c1-5-11-8(7-10)6-9(2,3)4/h6-7H,5H2,1-4H3/b8-6-. The van der Waals surface area contributed by atoms with Gasteiger partial charge in [-0.2, -0.15) is 0 Å². The fraction of sp³-hybridized carbons (Fsp3) is 0.667. The van der Waals surface area contributed by atoms with Crippen LogP contribution >= 0.6 is 0 Å². The van der Waals surface area contributed by atoms with E-state index in [2.05, 4.69) is 33.8 Å². The molecule has 1 nitrogen and oxygen atoms in total. The van der Waals surface area contributed by atoms with Gasteiger partial charge in [0.1, 0.15) is 0 Å². The average Bonchev–Trinajstić information content (AvgIpc) is 1.84. The molecule has 0 unspecified atom stereocenters. The Balaban J connectivity index is 4.23. The predicted octanol–water partition coefficient (Wildman–Crippen LogP) is 2.26. The SMILES string of the molecule is CC[Te]/C(C=O)=C\C(C)(C)C. The summed E-state index contributed by atoms with van der Waals surface area (Å²) in [4.78, 5) is 10.5. The quantitative estimate of drug-likeness (QED) is 0.436. The maximum atomic E-state index is 10.5. The Bertz CT molecular complexity index is 153. The molecule has 0 aliphatic heterocycles. The van der Waals surface area contributed by atoms with Gasteiger partial charge in [-0.05, 0) is 0 Å². The molecule has 0 aromatic heterocycles. The van der Waals surface area contributed by atoms with Crippen molar-refractivity contribution in [3.05, 3.63) is 9.70 Å². The topological polar surface area (TPSA) is 17.1 Å². The zero-order valence-corrected chi connectivity index (χ0v) is 10.0. The van der Waals surface area contributed by atoms with Crippen molar-refractivity contribution in [3.63, 3.8) is 0 Å². The van der Waals surface area contributed by atoms with Crippen LogP contribution in [0.5, 0.6) is 0 Å². The summed E-state index contributed by atoms with van der Waals surface area (Å²) in [6, 6.07) is 0. The van der Waals surface area contributed by atoms with Gasteiger partial charge in [-0.15, -0.1) is 0 Å². The van der Waals surface area contributed by atoms with E-state index in [9.17, 15) is 4.79 Å². The van der Waals surface area contributed by atoms with Gasteiger partial charge in [0.2, 0.25) is 0 Å². The van der Waals surface area contributed by atoms with Crippen LogP contribution < -0.4 is 0 Å². The summed E-state index contributed by atoms with van der Waals surface area (Å²) in [5.41, 5.74) is 0.163.